The Morgan fingerprint density at radius 3 is 2.27 bits per heavy atom. The molecule has 0 aliphatic heterocycles. The minimum atomic E-state index is -0.851. The van der Waals surface area contributed by atoms with Crippen molar-refractivity contribution in [2.24, 2.45) is 0 Å². The van der Waals surface area contributed by atoms with Crippen LogP contribution in [0.4, 0.5) is 0 Å². The van der Waals surface area contributed by atoms with Gasteiger partial charge in [-0.25, -0.2) is 0 Å². The van der Waals surface area contributed by atoms with Crippen molar-refractivity contribution in [1.29, 1.82) is 0 Å². The number of hydrogen-bond acceptors (Lipinski definition) is 0. The molecule has 0 fully saturated rings. The van der Waals surface area contributed by atoms with Crippen LogP contribution in [-0.4, -0.2) is 4.33 Å². The van der Waals surface area contributed by atoms with E-state index in [1.54, 1.807) is 6.08 Å². The van der Waals surface area contributed by atoms with Gasteiger partial charge in [-0.1, -0.05) is 65.7 Å². The summed E-state index contributed by atoms with van der Waals surface area (Å²) in [5, 5.41) is 0. The van der Waals surface area contributed by atoms with Crippen molar-refractivity contribution in [2.75, 3.05) is 0 Å². The van der Waals surface area contributed by atoms with E-state index in [1.807, 2.05) is 36.4 Å². The smallest absolute Gasteiger partial charge is 0.114 e. The third kappa shape index (κ3) is 2.50. The predicted octanol–water partition coefficient (Wildman–Crippen LogP) is 4.64. The van der Waals surface area contributed by atoms with Crippen molar-refractivity contribution < 1.29 is 0 Å². The van der Waals surface area contributed by atoms with Crippen LogP contribution in [0.25, 0.3) is 0 Å². The Bertz CT molecular complexity index is 370. The van der Waals surface area contributed by atoms with Gasteiger partial charge >= 0.3 is 0 Å². The van der Waals surface area contributed by atoms with Crippen LogP contribution in [0.3, 0.4) is 0 Å². The molecular formula is C12H11Cl3. The van der Waals surface area contributed by atoms with Crippen LogP contribution >= 0.6 is 34.8 Å². The Labute approximate surface area is 105 Å². The zero-order chi connectivity index (χ0) is 10.9. The Morgan fingerprint density at radius 1 is 1.00 bits per heavy atom. The summed E-state index contributed by atoms with van der Waals surface area (Å²) < 4.78 is -0.851. The lowest BCUT2D eigenvalue weighted by atomic mass is 9.86. The first-order valence-corrected chi connectivity index (χ1v) is 5.95. The quantitative estimate of drug-likeness (QED) is 0.510. The molecule has 0 spiro atoms. The van der Waals surface area contributed by atoms with E-state index in [0.717, 1.165) is 12.0 Å². The maximum absolute atomic E-state index is 6.56. The summed E-state index contributed by atoms with van der Waals surface area (Å²) >= 11 is 18.8. The standard InChI is InChI=1S/C12H11Cl3/c13-11(10-5-2-1-3-6-10)7-4-8-12(14,15)9-11/h1-6,8H,7,9H2. The molecule has 0 amide bonds. The average molecular weight is 262 g/mol. The van der Waals surface area contributed by atoms with Gasteiger partial charge in [-0.3, -0.25) is 0 Å². The highest BCUT2D eigenvalue weighted by Crippen LogP contribution is 2.47. The average Bonchev–Trinajstić information content (AvgIpc) is 2.17. The molecule has 0 radical (unpaired) electrons. The van der Waals surface area contributed by atoms with Crippen LogP contribution in [0, 0.1) is 0 Å². The number of halogens is 3. The highest BCUT2D eigenvalue weighted by molar-refractivity contribution is 6.50. The maximum atomic E-state index is 6.56. The molecule has 1 aliphatic rings. The summed E-state index contributed by atoms with van der Waals surface area (Å²) in [4.78, 5) is -0.473. The topological polar surface area (TPSA) is 0 Å². The van der Waals surface area contributed by atoms with Gasteiger partial charge in [0.15, 0.2) is 0 Å². The fraction of sp³-hybridized carbons (Fsp3) is 0.333. The summed E-state index contributed by atoms with van der Waals surface area (Å²) in [7, 11) is 0. The minimum Gasteiger partial charge on any atom is -0.114 e. The fourth-order valence-electron chi connectivity index (χ4n) is 1.88. The summed E-state index contributed by atoms with van der Waals surface area (Å²) in [6, 6.07) is 9.94. The summed E-state index contributed by atoms with van der Waals surface area (Å²) in [5.74, 6) is 0. The highest BCUT2D eigenvalue weighted by Gasteiger charge is 2.39. The molecule has 1 aliphatic carbocycles. The van der Waals surface area contributed by atoms with Crippen LogP contribution in [0.2, 0.25) is 0 Å². The molecular weight excluding hydrogens is 250 g/mol. The molecule has 0 saturated carbocycles. The monoisotopic (exact) mass is 260 g/mol. The first-order chi connectivity index (χ1) is 7.02. The van der Waals surface area contributed by atoms with Crippen LogP contribution in [-0.2, 0) is 4.87 Å². The van der Waals surface area contributed by atoms with E-state index < -0.39 is 9.21 Å². The predicted molar refractivity (Wildman–Crippen MR) is 66.8 cm³/mol. The fourth-order valence-corrected chi connectivity index (χ4v) is 3.08. The van der Waals surface area contributed by atoms with Gasteiger partial charge in [-0.15, -0.1) is 11.6 Å². The van der Waals surface area contributed by atoms with Crippen molar-refractivity contribution in [2.45, 2.75) is 22.0 Å². The van der Waals surface area contributed by atoms with E-state index in [1.165, 1.54) is 0 Å². The molecule has 3 heteroatoms. The zero-order valence-electron chi connectivity index (χ0n) is 8.09. The molecule has 0 bridgehead atoms. The molecule has 0 nitrogen and oxygen atoms in total. The van der Waals surface area contributed by atoms with E-state index in [4.69, 9.17) is 34.8 Å². The van der Waals surface area contributed by atoms with Crippen molar-refractivity contribution >= 4 is 34.8 Å². The number of benzene rings is 1. The van der Waals surface area contributed by atoms with Gasteiger partial charge < -0.3 is 0 Å². The van der Waals surface area contributed by atoms with Crippen molar-refractivity contribution in [3.8, 4) is 0 Å². The second-order valence-corrected chi connectivity index (χ2v) is 6.14. The molecule has 1 atom stereocenters. The largest absolute Gasteiger partial charge is 0.138 e. The van der Waals surface area contributed by atoms with Crippen LogP contribution in [0.1, 0.15) is 18.4 Å². The number of rotatable bonds is 1. The van der Waals surface area contributed by atoms with E-state index in [9.17, 15) is 0 Å². The second kappa shape index (κ2) is 4.01. The van der Waals surface area contributed by atoms with Gasteiger partial charge in [-0.2, -0.15) is 0 Å². The molecule has 0 N–H and O–H groups in total. The highest BCUT2D eigenvalue weighted by atomic mass is 35.5. The summed E-state index contributed by atoms with van der Waals surface area (Å²) in [6.07, 6.45) is 5.05. The number of hydrogen-bond donors (Lipinski definition) is 0. The first-order valence-electron chi connectivity index (χ1n) is 4.82. The van der Waals surface area contributed by atoms with Crippen LogP contribution in [0.15, 0.2) is 42.5 Å². The number of alkyl halides is 3. The second-order valence-electron chi connectivity index (χ2n) is 3.88. The van der Waals surface area contributed by atoms with Gasteiger partial charge in [0.05, 0.1) is 4.87 Å². The van der Waals surface area contributed by atoms with E-state index >= 15 is 0 Å². The molecule has 0 aromatic heterocycles. The molecule has 0 heterocycles. The first kappa shape index (κ1) is 11.3. The Kier molecular flexibility index (Phi) is 3.03. The van der Waals surface area contributed by atoms with Crippen LogP contribution in [0.5, 0.6) is 0 Å². The molecule has 1 aromatic carbocycles. The lowest BCUT2D eigenvalue weighted by Crippen LogP contribution is -2.30. The molecule has 1 aromatic rings. The van der Waals surface area contributed by atoms with E-state index in [-0.39, 0.29) is 0 Å². The minimum absolute atomic E-state index is 0.473. The van der Waals surface area contributed by atoms with Gasteiger partial charge in [0.2, 0.25) is 0 Å². The lowest BCUT2D eigenvalue weighted by Gasteiger charge is -2.34. The molecule has 2 rings (SSSR count). The van der Waals surface area contributed by atoms with E-state index in [0.29, 0.717) is 6.42 Å². The molecule has 0 saturated heterocycles. The Morgan fingerprint density at radius 2 is 1.67 bits per heavy atom. The lowest BCUT2D eigenvalue weighted by molar-refractivity contribution is 0.531. The number of allylic oxidation sites excluding steroid dienone is 2. The molecule has 15 heavy (non-hydrogen) atoms. The maximum Gasteiger partial charge on any atom is 0.138 e. The summed E-state index contributed by atoms with van der Waals surface area (Å²) in [5.41, 5.74) is 1.07. The van der Waals surface area contributed by atoms with Crippen molar-refractivity contribution in [1.82, 2.24) is 0 Å². The zero-order valence-corrected chi connectivity index (χ0v) is 10.4. The third-order valence-electron chi connectivity index (χ3n) is 2.61. The van der Waals surface area contributed by atoms with Crippen LogP contribution < -0.4 is 0 Å². The van der Waals surface area contributed by atoms with Gasteiger partial charge in [0.1, 0.15) is 4.33 Å². The van der Waals surface area contributed by atoms with E-state index in [2.05, 4.69) is 0 Å². The molecule has 1 unspecified atom stereocenters. The van der Waals surface area contributed by atoms with Gasteiger partial charge in [-0.05, 0) is 12.0 Å². The third-order valence-corrected chi connectivity index (χ3v) is 3.64. The van der Waals surface area contributed by atoms with Crippen molar-refractivity contribution in [3.63, 3.8) is 0 Å². The Balaban J connectivity index is 2.33. The normalized spacial score (nSPS) is 29.0. The van der Waals surface area contributed by atoms with Crippen molar-refractivity contribution in [3.05, 3.63) is 48.0 Å². The molecule has 80 valence electrons. The SMILES string of the molecule is ClC1(Cl)C=CCC(Cl)(c2ccccc2)C1. The van der Waals surface area contributed by atoms with Gasteiger partial charge in [0.25, 0.3) is 0 Å². The Hall–Kier alpha value is -0.170. The van der Waals surface area contributed by atoms with Gasteiger partial charge in [0, 0.05) is 6.42 Å². The summed E-state index contributed by atoms with van der Waals surface area (Å²) in [6.45, 7) is 0.